The van der Waals surface area contributed by atoms with Crippen molar-refractivity contribution in [1.82, 2.24) is 0 Å². The van der Waals surface area contributed by atoms with Crippen LogP contribution in [0, 0.1) is 12.3 Å². The smallest absolute Gasteiger partial charge is 0.328 e. The molecule has 0 aliphatic rings. The summed E-state index contributed by atoms with van der Waals surface area (Å²) in [5.74, 6) is -0.646. The lowest BCUT2D eigenvalue weighted by atomic mass is 9.82. The number of benzene rings is 1. The van der Waals surface area contributed by atoms with Crippen LogP contribution in [0.5, 0.6) is 5.75 Å². The first-order valence-corrected chi connectivity index (χ1v) is 14.9. The van der Waals surface area contributed by atoms with Crippen LogP contribution in [0.25, 0.3) is 0 Å². The second-order valence-corrected chi connectivity index (χ2v) is 10.6. The van der Waals surface area contributed by atoms with Gasteiger partial charge in [-0.25, -0.2) is 0 Å². The van der Waals surface area contributed by atoms with Crippen LogP contribution in [0.4, 0.5) is 0 Å². The minimum absolute atomic E-state index is 0.340. The molecule has 5 heteroatoms. The van der Waals surface area contributed by atoms with Gasteiger partial charge in [-0.2, -0.15) is 0 Å². The van der Waals surface area contributed by atoms with E-state index in [-0.39, 0.29) is 0 Å². The quantitative estimate of drug-likeness (QED) is 0.0697. The number of unbranched alkanes of at least 4 members (excludes halogenated alkanes) is 14. The molecule has 0 aromatic heterocycles. The molecule has 0 radical (unpaired) electrons. The largest absolute Gasteiger partial charge is 0.465 e. The van der Waals surface area contributed by atoms with Crippen LogP contribution in [0.15, 0.2) is 18.2 Å². The van der Waals surface area contributed by atoms with Crippen LogP contribution in [-0.4, -0.2) is 18.5 Å². The van der Waals surface area contributed by atoms with Crippen LogP contribution in [0.3, 0.4) is 0 Å². The Balaban J connectivity index is 2.19. The summed E-state index contributed by atoms with van der Waals surface area (Å²) in [6, 6.07) is 5.04. The summed E-state index contributed by atoms with van der Waals surface area (Å²) < 4.78 is 11.1. The first-order valence-electron chi connectivity index (χ1n) is 14.6. The van der Waals surface area contributed by atoms with Crippen molar-refractivity contribution in [2.24, 2.45) is 5.41 Å². The third kappa shape index (κ3) is 12.1. The number of carbonyl (C=O) groups is 2. The monoisotopic (exact) mass is 522 g/mol. The fourth-order valence-corrected chi connectivity index (χ4v) is 4.69. The van der Waals surface area contributed by atoms with Crippen molar-refractivity contribution < 1.29 is 19.1 Å². The number of rotatable bonds is 21. The van der Waals surface area contributed by atoms with Gasteiger partial charge in [-0.05, 0) is 49.9 Å². The van der Waals surface area contributed by atoms with Gasteiger partial charge in [0.15, 0.2) is 5.41 Å². The molecule has 0 aliphatic carbocycles. The predicted molar refractivity (Wildman–Crippen MR) is 151 cm³/mol. The van der Waals surface area contributed by atoms with E-state index in [1.54, 1.807) is 18.2 Å². The molecule has 0 saturated carbocycles. The van der Waals surface area contributed by atoms with E-state index in [4.69, 9.17) is 21.1 Å². The normalized spacial score (nSPS) is 11.5. The van der Waals surface area contributed by atoms with Crippen molar-refractivity contribution in [3.63, 3.8) is 0 Å². The Bertz CT molecular complexity index is 742. The van der Waals surface area contributed by atoms with E-state index < -0.39 is 17.4 Å². The highest BCUT2D eigenvalue weighted by Gasteiger charge is 2.46. The van der Waals surface area contributed by atoms with E-state index in [9.17, 15) is 9.59 Å². The molecule has 0 spiro atoms. The molecular weight excluding hydrogens is 472 g/mol. The van der Waals surface area contributed by atoms with Crippen LogP contribution >= 0.6 is 11.6 Å². The lowest BCUT2D eigenvalue weighted by Gasteiger charge is -2.26. The Kier molecular flexibility index (Phi) is 17.6. The van der Waals surface area contributed by atoms with Gasteiger partial charge >= 0.3 is 11.9 Å². The third-order valence-electron chi connectivity index (χ3n) is 7.31. The number of hydrogen-bond donors (Lipinski definition) is 0. The molecule has 0 bridgehead atoms. The Morgan fingerprint density at radius 2 is 1.19 bits per heavy atom. The lowest BCUT2D eigenvalue weighted by Crippen LogP contribution is -2.42. The van der Waals surface area contributed by atoms with Crippen LogP contribution in [0.2, 0.25) is 5.02 Å². The van der Waals surface area contributed by atoms with Crippen molar-refractivity contribution in [1.29, 1.82) is 0 Å². The molecule has 4 nitrogen and oxygen atoms in total. The second kappa shape index (κ2) is 19.5. The highest BCUT2D eigenvalue weighted by molar-refractivity contribution is 6.31. The standard InChI is InChI=1S/C31H51ClO4/c1-5-8-9-10-11-12-13-14-15-16-17-18-19-20-21-24-35-29(33)31(6-2,7-3)30(34)36-27-22-23-28(32)26(4)25-27/h22-23,25H,5-21,24H2,1-4H3. The molecule has 0 heterocycles. The van der Waals surface area contributed by atoms with Gasteiger partial charge < -0.3 is 9.47 Å². The summed E-state index contributed by atoms with van der Waals surface area (Å²) in [6.45, 7) is 8.12. The van der Waals surface area contributed by atoms with E-state index in [1.807, 2.05) is 20.8 Å². The van der Waals surface area contributed by atoms with Crippen LogP contribution in [0.1, 0.15) is 135 Å². The number of halogens is 1. The summed E-state index contributed by atoms with van der Waals surface area (Å²) in [5.41, 5.74) is -0.459. The second-order valence-electron chi connectivity index (χ2n) is 10.2. The van der Waals surface area contributed by atoms with Gasteiger partial charge in [-0.3, -0.25) is 9.59 Å². The molecule has 0 aliphatic heterocycles. The molecule has 36 heavy (non-hydrogen) atoms. The number of hydrogen-bond acceptors (Lipinski definition) is 4. The predicted octanol–water partition coefficient (Wildman–Crippen LogP) is 9.77. The van der Waals surface area contributed by atoms with Gasteiger partial charge in [-0.15, -0.1) is 0 Å². The van der Waals surface area contributed by atoms with Gasteiger partial charge in [0.1, 0.15) is 5.75 Å². The Morgan fingerprint density at radius 1 is 0.722 bits per heavy atom. The minimum atomic E-state index is -1.27. The maximum Gasteiger partial charge on any atom is 0.328 e. The first-order chi connectivity index (χ1) is 17.4. The highest BCUT2D eigenvalue weighted by atomic mass is 35.5. The number of esters is 2. The van der Waals surface area contributed by atoms with Crippen molar-refractivity contribution in [3.05, 3.63) is 28.8 Å². The maximum absolute atomic E-state index is 13.0. The molecule has 1 aromatic rings. The molecule has 0 fully saturated rings. The molecule has 1 rings (SSSR count). The zero-order valence-electron chi connectivity index (χ0n) is 23.5. The number of ether oxygens (including phenoxy) is 2. The molecule has 1 aromatic carbocycles. The Labute approximate surface area is 225 Å². The van der Waals surface area contributed by atoms with Crippen molar-refractivity contribution >= 4 is 23.5 Å². The minimum Gasteiger partial charge on any atom is -0.465 e. The first kappa shape index (κ1) is 32.5. The van der Waals surface area contributed by atoms with Crippen molar-refractivity contribution in [2.75, 3.05) is 6.61 Å². The zero-order valence-corrected chi connectivity index (χ0v) is 24.2. The van der Waals surface area contributed by atoms with Crippen molar-refractivity contribution in [3.8, 4) is 5.75 Å². The van der Waals surface area contributed by atoms with E-state index in [0.29, 0.717) is 30.2 Å². The number of carbonyl (C=O) groups excluding carboxylic acids is 2. The Morgan fingerprint density at radius 3 is 1.64 bits per heavy atom. The zero-order chi connectivity index (χ0) is 26.7. The van der Waals surface area contributed by atoms with E-state index in [2.05, 4.69) is 6.92 Å². The average molecular weight is 523 g/mol. The molecule has 0 atom stereocenters. The maximum atomic E-state index is 13.0. The highest BCUT2D eigenvalue weighted by Crippen LogP contribution is 2.32. The fourth-order valence-electron chi connectivity index (χ4n) is 4.57. The SMILES string of the molecule is CCCCCCCCCCCCCCCCCOC(=O)C(CC)(CC)C(=O)Oc1ccc(Cl)c(C)c1. The lowest BCUT2D eigenvalue weighted by molar-refractivity contribution is -0.168. The van der Waals surface area contributed by atoms with Gasteiger partial charge in [-0.1, -0.05) is 122 Å². The van der Waals surface area contributed by atoms with E-state index in [0.717, 1.165) is 18.4 Å². The molecule has 0 N–H and O–H groups in total. The molecule has 0 unspecified atom stereocenters. The summed E-state index contributed by atoms with van der Waals surface area (Å²) in [5, 5.41) is 0.606. The van der Waals surface area contributed by atoms with Crippen LogP contribution < -0.4 is 4.74 Å². The molecular formula is C31H51ClO4. The van der Waals surface area contributed by atoms with Gasteiger partial charge in [0, 0.05) is 5.02 Å². The third-order valence-corrected chi connectivity index (χ3v) is 7.73. The van der Waals surface area contributed by atoms with Gasteiger partial charge in [0.05, 0.1) is 6.61 Å². The summed E-state index contributed by atoms with van der Waals surface area (Å²) in [4.78, 5) is 25.8. The van der Waals surface area contributed by atoms with E-state index >= 15 is 0 Å². The molecule has 0 saturated heterocycles. The summed E-state index contributed by atoms with van der Waals surface area (Å²) in [7, 11) is 0. The molecule has 0 amide bonds. The van der Waals surface area contributed by atoms with E-state index in [1.165, 1.54) is 83.5 Å². The average Bonchev–Trinajstić information content (AvgIpc) is 2.87. The Hall–Kier alpha value is -1.55. The van der Waals surface area contributed by atoms with Gasteiger partial charge in [0.25, 0.3) is 0 Å². The molecule has 206 valence electrons. The summed E-state index contributed by atoms with van der Waals surface area (Å²) in [6.07, 6.45) is 20.1. The topological polar surface area (TPSA) is 52.6 Å². The van der Waals surface area contributed by atoms with Crippen molar-refractivity contribution in [2.45, 2.75) is 137 Å². The number of aryl methyl sites for hydroxylation is 1. The van der Waals surface area contributed by atoms with Crippen LogP contribution in [-0.2, 0) is 14.3 Å². The van der Waals surface area contributed by atoms with Gasteiger partial charge in [0.2, 0.25) is 0 Å². The summed E-state index contributed by atoms with van der Waals surface area (Å²) >= 11 is 6.06. The fraction of sp³-hybridized carbons (Fsp3) is 0.742.